The SMILES string of the molecule is CC1(C)c2ccccc2-c2c(-c3ccc4cc(N(c5ccccc5)c5cccc6c5sc5ccccc56)ccc4c3)cc3ccccc3c21. The van der Waals surface area contributed by atoms with E-state index in [2.05, 4.69) is 183 Å². The molecule has 49 heavy (non-hydrogen) atoms. The highest BCUT2D eigenvalue weighted by molar-refractivity contribution is 7.26. The number of nitrogens with zero attached hydrogens (tertiary/aromatic N) is 1. The number of benzene rings is 8. The maximum Gasteiger partial charge on any atom is 0.0640 e. The lowest BCUT2D eigenvalue weighted by atomic mass is 9.79. The van der Waals surface area contributed by atoms with Crippen LogP contribution in [0.3, 0.4) is 0 Å². The van der Waals surface area contributed by atoms with Gasteiger partial charge in [0.1, 0.15) is 0 Å². The highest BCUT2D eigenvalue weighted by Crippen LogP contribution is 2.55. The molecule has 8 aromatic carbocycles. The van der Waals surface area contributed by atoms with E-state index in [1.807, 2.05) is 11.3 Å². The Morgan fingerprint density at radius 2 is 1.20 bits per heavy atom. The largest absolute Gasteiger partial charge is 0.309 e. The summed E-state index contributed by atoms with van der Waals surface area (Å²) in [5, 5.41) is 7.72. The molecule has 0 fully saturated rings. The van der Waals surface area contributed by atoms with Crippen LogP contribution in [0, 0.1) is 0 Å². The van der Waals surface area contributed by atoms with Gasteiger partial charge in [0.2, 0.25) is 0 Å². The summed E-state index contributed by atoms with van der Waals surface area (Å²) in [6.45, 7) is 4.77. The van der Waals surface area contributed by atoms with Crippen molar-refractivity contribution >= 4 is 70.1 Å². The summed E-state index contributed by atoms with van der Waals surface area (Å²) in [7, 11) is 0. The lowest BCUT2D eigenvalue weighted by Gasteiger charge is -2.26. The van der Waals surface area contributed by atoms with Crippen LogP contribution in [0.5, 0.6) is 0 Å². The van der Waals surface area contributed by atoms with Gasteiger partial charge < -0.3 is 4.90 Å². The smallest absolute Gasteiger partial charge is 0.0640 e. The fourth-order valence-electron chi connectivity index (χ4n) is 8.34. The molecule has 1 aromatic heterocycles. The molecular weight excluding hydrogens is 611 g/mol. The van der Waals surface area contributed by atoms with Crippen molar-refractivity contribution in [1.82, 2.24) is 0 Å². The second-order valence-corrected chi connectivity index (χ2v) is 14.8. The van der Waals surface area contributed by atoms with Gasteiger partial charge in [-0.1, -0.05) is 129 Å². The summed E-state index contributed by atoms with van der Waals surface area (Å²) in [5.74, 6) is 0. The Morgan fingerprint density at radius 1 is 0.490 bits per heavy atom. The first-order valence-corrected chi connectivity index (χ1v) is 17.8. The zero-order valence-corrected chi connectivity index (χ0v) is 28.3. The van der Waals surface area contributed by atoms with E-state index in [4.69, 9.17) is 0 Å². The van der Waals surface area contributed by atoms with Gasteiger partial charge in [-0.15, -0.1) is 11.3 Å². The number of anilines is 3. The molecule has 1 aliphatic rings. The topological polar surface area (TPSA) is 3.24 Å². The summed E-state index contributed by atoms with van der Waals surface area (Å²) in [6.07, 6.45) is 0. The van der Waals surface area contributed by atoms with Gasteiger partial charge in [-0.05, 0) is 103 Å². The molecule has 0 saturated carbocycles. The fourth-order valence-corrected chi connectivity index (χ4v) is 9.54. The Bertz CT molecular complexity index is 2750. The molecule has 1 nitrogen and oxygen atoms in total. The van der Waals surface area contributed by atoms with Crippen LogP contribution in [0.15, 0.2) is 164 Å². The monoisotopic (exact) mass is 643 g/mol. The quantitative estimate of drug-likeness (QED) is 0.184. The molecule has 0 spiro atoms. The molecule has 0 bridgehead atoms. The van der Waals surface area contributed by atoms with Crippen molar-refractivity contribution in [2.24, 2.45) is 0 Å². The molecule has 0 saturated heterocycles. The predicted octanol–water partition coefficient (Wildman–Crippen LogP) is 13.8. The van der Waals surface area contributed by atoms with Gasteiger partial charge in [0.15, 0.2) is 0 Å². The van der Waals surface area contributed by atoms with Gasteiger partial charge in [0.25, 0.3) is 0 Å². The Morgan fingerprint density at radius 3 is 2.10 bits per heavy atom. The van der Waals surface area contributed by atoms with Crippen LogP contribution < -0.4 is 4.90 Å². The van der Waals surface area contributed by atoms with E-state index in [1.165, 1.54) is 80.8 Å². The van der Waals surface area contributed by atoms with Crippen molar-refractivity contribution in [3.63, 3.8) is 0 Å². The number of para-hydroxylation sites is 1. The van der Waals surface area contributed by atoms with Crippen LogP contribution >= 0.6 is 11.3 Å². The van der Waals surface area contributed by atoms with E-state index in [0.29, 0.717) is 0 Å². The maximum atomic E-state index is 2.42. The third kappa shape index (κ3) is 4.24. The first-order valence-electron chi connectivity index (χ1n) is 17.0. The zero-order valence-electron chi connectivity index (χ0n) is 27.4. The summed E-state index contributed by atoms with van der Waals surface area (Å²) in [4.78, 5) is 2.42. The minimum Gasteiger partial charge on any atom is -0.309 e. The van der Waals surface area contributed by atoms with E-state index in [1.54, 1.807) is 0 Å². The van der Waals surface area contributed by atoms with Crippen LogP contribution in [0.4, 0.5) is 17.1 Å². The van der Waals surface area contributed by atoms with Crippen molar-refractivity contribution < 1.29 is 0 Å². The molecule has 232 valence electrons. The molecule has 0 atom stereocenters. The molecule has 1 aliphatic carbocycles. The van der Waals surface area contributed by atoms with Gasteiger partial charge in [0.05, 0.1) is 10.4 Å². The fraction of sp³-hybridized carbons (Fsp3) is 0.0638. The van der Waals surface area contributed by atoms with Gasteiger partial charge in [-0.3, -0.25) is 0 Å². The molecule has 10 rings (SSSR count). The Labute approximate surface area is 290 Å². The molecule has 0 radical (unpaired) electrons. The van der Waals surface area contributed by atoms with Crippen LogP contribution in [0.25, 0.3) is 64.0 Å². The van der Waals surface area contributed by atoms with E-state index < -0.39 is 0 Å². The average molecular weight is 644 g/mol. The third-order valence-corrected chi connectivity index (χ3v) is 11.8. The molecule has 0 N–H and O–H groups in total. The first-order chi connectivity index (χ1) is 24.1. The number of hydrogen-bond acceptors (Lipinski definition) is 2. The van der Waals surface area contributed by atoms with Gasteiger partial charge >= 0.3 is 0 Å². The number of fused-ring (bicyclic) bond motifs is 9. The normalized spacial score (nSPS) is 13.3. The second kappa shape index (κ2) is 10.7. The number of hydrogen-bond donors (Lipinski definition) is 0. The Balaban J connectivity index is 1.15. The second-order valence-electron chi connectivity index (χ2n) is 13.7. The highest BCUT2D eigenvalue weighted by Gasteiger charge is 2.38. The minimum atomic E-state index is -0.0779. The minimum absolute atomic E-state index is 0.0779. The summed E-state index contributed by atoms with van der Waals surface area (Å²) < 4.78 is 2.62. The average Bonchev–Trinajstić information content (AvgIpc) is 3.65. The molecule has 9 aromatic rings. The predicted molar refractivity (Wildman–Crippen MR) is 212 cm³/mol. The van der Waals surface area contributed by atoms with Gasteiger partial charge in [0, 0.05) is 32.3 Å². The zero-order chi connectivity index (χ0) is 32.7. The van der Waals surface area contributed by atoms with Crippen LogP contribution in [0.2, 0.25) is 0 Å². The van der Waals surface area contributed by atoms with Crippen molar-refractivity contribution in [2.45, 2.75) is 19.3 Å². The van der Waals surface area contributed by atoms with Crippen molar-refractivity contribution in [2.75, 3.05) is 4.90 Å². The number of rotatable bonds is 4. The van der Waals surface area contributed by atoms with Crippen LogP contribution in [-0.4, -0.2) is 0 Å². The first kappa shape index (κ1) is 28.3. The van der Waals surface area contributed by atoms with E-state index >= 15 is 0 Å². The highest BCUT2D eigenvalue weighted by atomic mass is 32.1. The van der Waals surface area contributed by atoms with Crippen molar-refractivity contribution in [3.8, 4) is 22.3 Å². The number of thiophene rings is 1. The standard InChI is InChI=1S/C47H33NS/c1-47(2)41-20-10-8-18-39(41)44-40(29-32-13-6-7-16-36(32)45(44)47)33-24-23-31-28-35(26-25-30(31)27-33)48(34-14-4-3-5-15-34)42-21-12-19-38-37-17-9-11-22-43(37)49-46(38)42/h3-29H,1-2H3. The Kier molecular flexibility index (Phi) is 6.16. The molecule has 2 heteroatoms. The van der Waals surface area contributed by atoms with E-state index in [0.717, 1.165) is 11.4 Å². The summed E-state index contributed by atoms with van der Waals surface area (Å²) >= 11 is 1.87. The van der Waals surface area contributed by atoms with Gasteiger partial charge in [-0.2, -0.15) is 0 Å². The maximum absolute atomic E-state index is 2.42. The van der Waals surface area contributed by atoms with Crippen molar-refractivity contribution in [3.05, 3.63) is 175 Å². The molecule has 0 amide bonds. The van der Waals surface area contributed by atoms with Gasteiger partial charge in [-0.25, -0.2) is 0 Å². The molecular formula is C47H33NS. The van der Waals surface area contributed by atoms with E-state index in [-0.39, 0.29) is 5.41 Å². The van der Waals surface area contributed by atoms with Crippen LogP contribution in [-0.2, 0) is 5.41 Å². The summed E-state index contributed by atoms with van der Waals surface area (Å²) in [6, 6.07) is 60.5. The van der Waals surface area contributed by atoms with Crippen LogP contribution in [0.1, 0.15) is 25.0 Å². The molecule has 0 aliphatic heterocycles. The lowest BCUT2D eigenvalue weighted by Crippen LogP contribution is -2.15. The van der Waals surface area contributed by atoms with Crippen molar-refractivity contribution in [1.29, 1.82) is 0 Å². The summed E-state index contributed by atoms with van der Waals surface area (Å²) in [5.41, 5.74) is 11.6. The van der Waals surface area contributed by atoms with E-state index in [9.17, 15) is 0 Å². The molecule has 0 unspecified atom stereocenters. The Hall–Kier alpha value is -5.70. The third-order valence-electron chi connectivity index (χ3n) is 10.6. The lowest BCUT2D eigenvalue weighted by molar-refractivity contribution is 0.666. The molecule has 1 heterocycles.